The molecular formula is C16H21N3O2. The van der Waals surface area contributed by atoms with Crippen LogP contribution >= 0.6 is 0 Å². The molecule has 0 saturated carbocycles. The van der Waals surface area contributed by atoms with Gasteiger partial charge < -0.3 is 14.6 Å². The molecular weight excluding hydrogens is 266 g/mol. The van der Waals surface area contributed by atoms with Crippen molar-refractivity contribution in [2.45, 2.75) is 33.2 Å². The van der Waals surface area contributed by atoms with E-state index in [4.69, 9.17) is 4.74 Å². The van der Waals surface area contributed by atoms with Gasteiger partial charge in [0.15, 0.2) is 5.82 Å². The number of nitrogens with one attached hydrogen (secondary N) is 1. The second kappa shape index (κ2) is 7.47. The summed E-state index contributed by atoms with van der Waals surface area (Å²) in [4.78, 5) is 16.2. The molecule has 1 aromatic carbocycles. The van der Waals surface area contributed by atoms with Crippen molar-refractivity contribution < 1.29 is 4.74 Å². The molecule has 2 aromatic rings. The molecule has 0 radical (unpaired) electrons. The van der Waals surface area contributed by atoms with Crippen molar-refractivity contribution in [1.82, 2.24) is 9.55 Å². The zero-order valence-electron chi connectivity index (χ0n) is 12.5. The Balaban J connectivity index is 2.13. The first-order chi connectivity index (χ1) is 10.2. The van der Waals surface area contributed by atoms with Crippen LogP contribution in [0, 0.1) is 0 Å². The second-order valence-electron chi connectivity index (χ2n) is 4.72. The van der Waals surface area contributed by atoms with Crippen LogP contribution in [-0.2, 0) is 6.54 Å². The lowest BCUT2D eigenvalue weighted by molar-refractivity contribution is 0.309. The lowest BCUT2D eigenvalue weighted by Crippen LogP contribution is -2.22. The number of hydrogen-bond donors (Lipinski definition) is 1. The Kier molecular flexibility index (Phi) is 5.37. The van der Waals surface area contributed by atoms with Crippen molar-refractivity contribution in [2.24, 2.45) is 0 Å². The van der Waals surface area contributed by atoms with Gasteiger partial charge in [-0.2, -0.15) is 0 Å². The Bertz CT molecular complexity index is 637. The van der Waals surface area contributed by atoms with E-state index in [9.17, 15) is 4.79 Å². The molecule has 5 nitrogen and oxygen atoms in total. The third kappa shape index (κ3) is 4.08. The monoisotopic (exact) mass is 287 g/mol. The summed E-state index contributed by atoms with van der Waals surface area (Å²) in [6.45, 7) is 5.37. The maximum atomic E-state index is 12.1. The lowest BCUT2D eigenvalue weighted by atomic mass is 10.3. The molecule has 0 amide bonds. The molecule has 0 aliphatic carbocycles. The van der Waals surface area contributed by atoms with Gasteiger partial charge in [-0.1, -0.05) is 19.4 Å². The highest BCUT2D eigenvalue weighted by molar-refractivity contribution is 5.57. The van der Waals surface area contributed by atoms with E-state index >= 15 is 0 Å². The van der Waals surface area contributed by atoms with Crippen LogP contribution in [0.25, 0.3) is 0 Å². The fourth-order valence-electron chi connectivity index (χ4n) is 1.92. The zero-order chi connectivity index (χ0) is 15.1. The smallest absolute Gasteiger partial charge is 0.293 e. The minimum absolute atomic E-state index is 0.127. The van der Waals surface area contributed by atoms with Crippen molar-refractivity contribution >= 4 is 11.5 Å². The van der Waals surface area contributed by atoms with Crippen LogP contribution in [-0.4, -0.2) is 16.2 Å². The summed E-state index contributed by atoms with van der Waals surface area (Å²) < 4.78 is 7.26. The van der Waals surface area contributed by atoms with E-state index in [1.807, 2.05) is 31.2 Å². The number of nitrogens with zero attached hydrogens (tertiary/aromatic N) is 2. The molecule has 0 saturated heterocycles. The highest BCUT2D eigenvalue weighted by Gasteiger charge is 2.05. The van der Waals surface area contributed by atoms with E-state index in [0.29, 0.717) is 19.0 Å². The van der Waals surface area contributed by atoms with Gasteiger partial charge in [0.25, 0.3) is 5.56 Å². The molecule has 0 aliphatic rings. The Morgan fingerprint density at radius 1 is 1.33 bits per heavy atom. The largest absolute Gasteiger partial charge is 0.494 e. The van der Waals surface area contributed by atoms with Crippen LogP contribution in [0.15, 0.2) is 41.5 Å². The molecule has 21 heavy (non-hydrogen) atoms. The molecule has 5 heteroatoms. The van der Waals surface area contributed by atoms with Crippen molar-refractivity contribution in [3.8, 4) is 5.75 Å². The van der Waals surface area contributed by atoms with Crippen molar-refractivity contribution in [3.05, 3.63) is 47.0 Å². The Morgan fingerprint density at radius 3 is 2.95 bits per heavy atom. The van der Waals surface area contributed by atoms with Gasteiger partial charge in [0.1, 0.15) is 5.75 Å². The fraction of sp³-hybridized carbons (Fsp3) is 0.375. The van der Waals surface area contributed by atoms with Crippen LogP contribution in [0.3, 0.4) is 0 Å². The summed E-state index contributed by atoms with van der Waals surface area (Å²) in [6, 6.07) is 7.56. The molecule has 0 fully saturated rings. The van der Waals surface area contributed by atoms with Gasteiger partial charge in [-0.15, -0.1) is 0 Å². The van der Waals surface area contributed by atoms with E-state index in [1.54, 1.807) is 17.0 Å². The Morgan fingerprint density at radius 2 is 2.19 bits per heavy atom. The molecule has 0 bridgehead atoms. The van der Waals surface area contributed by atoms with Crippen LogP contribution < -0.4 is 15.6 Å². The SMILES string of the molecule is CCCCOc1cccc(Nc2nccn(CC)c2=O)c1. The highest BCUT2D eigenvalue weighted by atomic mass is 16.5. The minimum Gasteiger partial charge on any atom is -0.494 e. The second-order valence-corrected chi connectivity index (χ2v) is 4.72. The summed E-state index contributed by atoms with van der Waals surface area (Å²) >= 11 is 0. The molecule has 1 aromatic heterocycles. The van der Waals surface area contributed by atoms with Gasteiger partial charge in [0, 0.05) is 30.7 Å². The molecule has 0 spiro atoms. The number of rotatable bonds is 7. The van der Waals surface area contributed by atoms with E-state index in [1.165, 1.54) is 0 Å². The average molecular weight is 287 g/mol. The molecule has 0 atom stereocenters. The van der Waals surface area contributed by atoms with Crippen LogP contribution in [0.5, 0.6) is 5.75 Å². The minimum atomic E-state index is -0.127. The van der Waals surface area contributed by atoms with Crippen molar-refractivity contribution in [3.63, 3.8) is 0 Å². The van der Waals surface area contributed by atoms with Gasteiger partial charge in [0.2, 0.25) is 0 Å². The van der Waals surface area contributed by atoms with Gasteiger partial charge in [-0.25, -0.2) is 4.98 Å². The van der Waals surface area contributed by atoms with Crippen molar-refractivity contribution in [2.75, 3.05) is 11.9 Å². The first kappa shape index (κ1) is 15.1. The molecule has 1 heterocycles. The fourth-order valence-corrected chi connectivity index (χ4v) is 1.92. The van der Waals surface area contributed by atoms with Crippen LogP contribution in [0.2, 0.25) is 0 Å². The van der Waals surface area contributed by atoms with Crippen LogP contribution in [0.1, 0.15) is 26.7 Å². The van der Waals surface area contributed by atoms with E-state index in [2.05, 4.69) is 17.2 Å². The van der Waals surface area contributed by atoms with E-state index < -0.39 is 0 Å². The number of unbranched alkanes of at least 4 members (excludes halogenated alkanes) is 1. The van der Waals surface area contributed by atoms with E-state index in [0.717, 1.165) is 24.3 Å². The molecule has 0 unspecified atom stereocenters. The molecule has 112 valence electrons. The predicted molar refractivity (Wildman–Crippen MR) is 84.3 cm³/mol. The molecule has 0 aliphatic heterocycles. The first-order valence-electron chi connectivity index (χ1n) is 7.30. The summed E-state index contributed by atoms with van der Waals surface area (Å²) in [5, 5.41) is 3.05. The Labute approximate surface area is 124 Å². The maximum absolute atomic E-state index is 12.1. The first-order valence-corrected chi connectivity index (χ1v) is 7.30. The lowest BCUT2D eigenvalue weighted by Gasteiger charge is -2.10. The third-order valence-electron chi connectivity index (χ3n) is 3.12. The zero-order valence-corrected chi connectivity index (χ0v) is 12.5. The topological polar surface area (TPSA) is 56.1 Å². The van der Waals surface area contributed by atoms with Crippen molar-refractivity contribution in [1.29, 1.82) is 0 Å². The number of aromatic nitrogens is 2. The summed E-state index contributed by atoms with van der Waals surface area (Å²) in [5.41, 5.74) is 0.666. The summed E-state index contributed by atoms with van der Waals surface area (Å²) in [6.07, 6.45) is 5.42. The number of ether oxygens (including phenoxy) is 1. The highest BCUT2D eigenvalue weighted by Crippen LogP contribution is 2.19. The normalized spacial score (nSPS) is 10.4. The number of benzene rings is 1. The average Bonchev–Trinajstić information content (AvgIpc) is 2.50. The maximum Gasteiger partial charge on any atom is 0.293 e. The third-order valence-corrected chi connectivity index (χ3v) is 3.12. The number of aryl methyl sites for hydroxylation is 1. The van der Waals surface area contributed by atoms with Gasteiger partial charge in [0.05, 0.1) is 6.61 Å². The standard InChI is InChI=1S/C16H21N3O2/c1-3-5-11-21-14-8-6-7-13(12-14)18-15-16(20)19(4-2)10-9-17-15/h6-10,12H,3-5,11H2,1-2H3,(H,17,18). The number of hydrogen-bond acceptors (Lipinski definition) is 4. The van der Waals surface area contributed by atoms with Gasteiger partial charge >= 0.3 is 0 Å². The predicted octanol–water partition coefficient (Wildman–Crippen LogP) is 3.19. The summed E-state index contributed by atoms with van der Waals surface area (Å²) in [7, 11) is 0. The van der Waals surface area contributed by atoms with Crippen LogP contribution in [0.4, 0.5) is 11.5 Å². The van der Waals surface area contributed by atoms with E-state index in [-0.39, 0.29) is 5.56 Å². The van der Waals surface area contributed by atoms with Gasteiger partial charge in [-0.3, -0.25) is 4.79 Å². The van der Waals surface area contributed by atoms with Gasteiger partial charge in [-0.05, 0) is 25.5 Å². The summed E-state index contributed by atoms with van der Waals surface area (Å²) in [5.74, 6) is 1.12. The Hall–Kier alpha value is -2.30. The number of anilines is 2. The quantitative estimate of drug-likeness (QED) is 0.795. The molecule has 2 rings (SSSR count). The molecule has 1 N–H and O–H groups in total.